The highest BCUT2D eigenvalue weighted by molar-refractivity contribution is 5.93. The Bertz CT molecular complexity index is 507. The lowest BCUT2D eigenvalue weighted by molar-refractivity contribution is -0.127. The molecule has 4 rings (SSSR count). The fourth-order valence-corrected chi connectivity index (χ4v) is 3.63. The predicted octanol–water partition coefficient (Wildman–Crippen LogP) is 2.88. The molecule has 0 heterocycles. The second kappa shape index (κ2) is 4.01. The smallest absolute Gasteiger partial charge is 0.143 e. The molecule has 0 aliphatic heterocycles. The second-order valence-corrected chi connectivity index (χ2v) is 5.22. The lowest BCUT2D eigenvalue weighted by Gasteiger charge is -2.42. The van der Waals surface area contributed by atoms with Crippen molar-refractivity contribution in [3.05, 3.63) is 23.3 Å². The van der Waals surface area contributed by atoms with Gasteiger partial charge in [0.25, 0.3) is 0 Å². The van der Waals surface area contributed by atoms with Crippen molar-refractivity contribution in [3.8, 4) is 11.5 Å². The molecule has 0 saturated heterocycles. The Morgan fingerprint density at radius 3 is 2.28 bits per heavy atom. The van der Waals surface area contributed by atoms with Crippen molar-refractivity contribution in [2.45, 2.75) is 31.6 Å². The van der Waals surface area contributed by atoms with E-state index in [1.807, 2.05) is 19.1 Å². The third-order valence-corrected chi connectivity index (χ3v) is 4.53. The summed E-state index contributed by atoms with van der Waals surface area (Å²) in [6.07, 6.45) is 2.03. The van der Waals surface area contributed by atoms with Crippen LogP contribution < -0.4 is 9.47 Å². The molecule has 3 aliphatic carbocycles. The number of ketones is 1. The zero-order valence-corrected chi connectivity index (χ0v) is 11.0. The monoisotopic (exact) mass is 246 g/mol. The maximum Gasteiger partial charge on any atom is 0.143 e. The van der Waals surface area contributed by atoms with E-state index < -0.39 is 0 Å². The molecule has 0 N–H and O–H groups in total. The van der Waals surface area contributed by atoms with E-state index in [9.17, 15) is 4.79 Å². The van der Waals surface area contributed by atoms with Gasteiger partial charge >= 0.3 is 0 Å². The Balaban J connectivity index is 2.27. The third kappa shape index (κ3) is 1.33. The van der Waals surface area contributed by atoms with Crippen molar-refractivity contribution in [1.82, 2.24) is 0 Å². The first-order valence-electron chi connectivity index (χ1n) is 6.47. The Morgan fingerprint density at radius 1 is 1.06 bits per heavy atom. The highest BCUT2D eigenvalue weighted by Crippen LogP contribution is 2.55. The molecule has 96 valence electrons. The maximum absolute atomic E-state index is 12.3. The molecular weight excluding hydrogens is 228 g/mol. The molecule has 1 saturated carbocycles. The molecule has 0 spiro atoms. The summed E-state index contributed by atoms with van der Waals surface area (Å²) in [6.45, 7) is 2.04. The predicted molar refractivity (Wildman–Crippen MR) is 68.4 cm³/mol. The largest absolute Gasteiger partial charge is 0.496 e. The highest BCUT2D eigenvalue weighted by Gasteiger charge is 2.46. The number of carbonyl (C=O) groups excluding carboxylic acids is 1. The lowest BCUT2D eigenvalue weighted by atomic mass is 9.61. The van der Waals surface area contributed by atoms with Gasteiger partial charge in [0.1, 0.15) is 17.3 Å². The molecule has 3 atom stereocenters. The average Bonchev–Trinajstić information content (AvgIpc) is 2.42. The molecular formula is C15H18O3. The minimum atomic E-state index is 0.00468. The van der Waals surface area contributed by atoms with Crippen molar-refractivity contribution in [1.29, 1.82) is 0 Å². The summed E-state index contributed by atoms with van der Waals surface area (Å²) < 4.78 is 10.9. The van der Waals surface area contributed by atoms with Crippen molar-refractivity contribution in [2.24, 2.45) is 5.92 Å². The van der Waals surface area contributed by atoms with E-state index in [1.54, 1.807) is 14.2 Å². The van der Waals surface area contributed by atoms with Crippen molar-refractivity contribution in [2.75, 3.05) is 14.2 Å². The summed E-state index contributed by atoms with van der Waals surface area (Å²) in [5.41, 5.74) is 2.29. The Kier molecular flexibility index (Phi) is 2.58. The van der Waals surface area contributed by atoms with Gasteiger partial charge in [-0.25, -0.2) is 0 Å². The molecule has 1 aromatic rings. The van der Waals surface area contributed by atoms with E-state index in [0.717, 1.165) is 29.9 Å². The molecule has 3 aliphatic rings. The summed E-state index contributed by atoms with van der Waals surface area (Å²) in [6, 6.07) is 3.87. The molecule has 1 fully saturated rings. The molecule has 3 nitrogen and oxygen atoms in total. The van der Waals surface area contributed by atoms with E-state index in [-0.39, 0.29) is 11.8 Å². The quantitative estimate of drug-likeness (QED) is 0.805. The van der Waals surface area contributed by atoms with Gasteiger partial charge < -0.3 is 9.47 Å². The fraction of sp³-hybridized carbons (Fsp3) is 0.533. The molecule has 0 amide bonds. The number of ether oxygens (including phenoxy) is 2. The van der Waals surface area contributed by atoms with Crippen LogP contribution in [0.15, 0.2) is 12.1 Å². The number of rotatable bonds is 2. The minimum absolute atomic E-state index is 0.00468. The number of methoxy groups -OCH3 is 2. The van der Waals surface area contributed by atoms with Crippen LogP contribution in [-0.4, -0.2) is 20.0 Å². The van der Waals surface area contributed by atoms with Crippen LogP contribution in [0.5, 0.6) is 11.5 Å². The third-order valence-electron chi connectivity index (χ3n) is 4.53. The van der Waals surface area contributed by atoms with Gasteiger partial charge in [-0.05, 0) is 30.9 Å². The van der Waals surface area contributed by atoms with Gasteiger partial charge in [0.05, 0.1) is 14.2 Å². The van der Waals surface area contributed by atoms with Crippen LogP contribution in [0.25, 0.3) is 0 Å². The van der Waals surface area contributed by atoms with Crippen LogP contribution in [-0.2, 0) is 4.79 Å². The van der Waals surface area contributed by atoms with Crippen LogP contribution in [0.4, 0.5) is 0 Å². The zero-order valence-electron chi connectivity index (χ0n) is 11.0. The normalized spacial score (nSPS) is 29.1. The summed E-state index contributed by atoms with van der Waals surface area (Å²) in [4.78, 5) is 12.3. The van der Waals surface area contributed by atoms with Gasteiger partial charge in [0, 0.05) is 23.0 Å². The van der Waals surface area contributed by atoms with Crippen molar-refractivity contribution >= 4 is 5.78 Å². The average molecular weight is 246 g/mol. The highest BCUT2D eigenvalue weighted by atomic mass is 16.5. The topological polar surface area (TPSA) is 35.5 Å². The van der Waals surface area contributed by atoms with Gasteiger partial charge in [-0.3, -0.25) is 4.79 Å². The van der Waals surface area contributed by atoms with Gasteiger partial charge in [0.15, 0.2) is 0 Å². The maximum atomic E-state index is 12.3. The van der Waals surface area contributed by atoms with Crippen molar-refractivity contribution in [3.63, 3.8) is 0 Å². The molecule has 3 heteroatoms. The van der Waals surface area contributed by atoms with Crippen LogP contribution in [0.2, 0.25) is 0 Å². The second-order valence-electron chi connectivity index (χ2n) is 5.22. The summed E-state index contributed by atoms with van der Waals surface area (Å²) in [5.74, 6) is 2.51. The molecule has 2 bridgehead atoms. The van der Waals surface area contributed by atoms with E-state index in [2.05, 4.69) is 0 Å². The van der Waals surface area contributed by atoms with Crippen LogP contribution in [0.1, 0.15) is 42.7 Å². The SMILES string of the molecule is COc1ccc(OC)c2c1[C@@H]1CC[C@H]2[C@H](C)C1=O. The zero-order chi connectivity index (χ0) is 12.9. The van der Waals surface area contributed by atoms with Crippen LogP contribution in [0, 0.1) is 5.92 Å². The first-order chi connectivity index (χ1) is 8.69. The van der Waals surface area contributed by atoms with E-state index in [0.29, 0.717) is 11.7 Å². The first-order valence-corrected chi connectivity index (χ1v) is 6.47. The minimum Gasteiger partial charge on any atom is -0.496 e. The number of hydrogen-bond acceptors (Lipinski definition) is 3. The van der Waals surface area contributed by atoms with Gasteiger partial charge in [-0.1, -0.05) is 6.92 Å². The summed E-state index contributed by atoms with van der Waals surface area (Å²) >= 11 is 0. The number of benzene rings is 1. The Labute approximate surface area is 107 Å². The Morgan fingerprint density at radius 2 is 1.67 bits per heavy atom. The molecule has 1 aromatic carbocycles. The molecule has 18 heavy (non-hydrogen) atoms. The number of fused-ring (bicyclic) bond motifs is 2. The number of Topliss-reactive ketones (excluding diaryl/α,β-unsaturated/α-hetero) is 1. The standard InChI is InChI=1S/C15H18O3/c1-8-9-4-5-10(15(8)16)14-12(18-3)7-6-11(17-2)13(9)14/h6-10H,4-5H2,1-3H3/t8-,9-,10-/m0/s1. The fourth-order valence-electron chi connectivity index (χ4n) is 3.63. The summed E-state index contributed by atoms with van der Waals surface area (Å²) in [7, 11) is 3.36. The number of hydrogen-bond donors (Lipinski definition) is 0. The van der Waals surface area contributed by atoms with Crippen LogP contribution in [0.3, 0.4) is 0 Å². The van der Waals surface area contributed by atoms with Crippen molar-refractivity contribution < 1.29 is 14.3 Å². The van der Waals surface area contributed by atoms with E-state index in [1.165, 1.54) is 5.56 Å². The molecule has 0 aromatic heterocycles. The van der Waals surface area contributed by atoms with Gasteiger partial charge in [-0.15, -0.1) is 0 Å². The van der Waals surface area contributed by atoms with Gasteiger partial charge in [-0.2, -0.15) is 0 Å². The van der Waals surface area contributed by atoms with Crippen LogP contribution >= 0.6 is 0 Å². The molecule has 0 radical (unpaired) electrons. The Hall–Kier alpha value is -1.51. The summed E-state index contributed by atoms with van der Waals surface area (Å²) in [5, 5.41) is 0. The number of carbonyl (C=O) groups is 1. The van der Waals surface area contributed by atoms with Gasteiger partial charge in [0.2, 0.25) is 0 Å². The first kappa shape index (κ1) is 11.6. The van der Waals surface area contributed by atoms with E-state index >= 15 is 0 Å². The van der Waals surface area contributed by atoms with E-state index in [4.69, 9.17) is 9.47 Å². The molecule has 0 unspecified atom stereocenters. The lowest BCUT2D eigenvalue weighted by Crippen LogP contribution is -2.37.